The average molecular weight is 708 g/mol. The van der Waals surface area contributed by atoms with Crippen LogP contribution in [0.5, 0.6) is 0 Å². The minimum Gasteiger partial charge on any atom is -0.446 e. The van der Waals surface area contributed by atoms with Gasteiger partial charge in [-0.25, -0.2) is 13.2 Å². The van der Waals surface area contributed by atoms with Crippen molar-refractivity contribution in [3.05, 3.63) is 115 Å². The summed E-state index contributed by atoms with van der Waals surface area (Å²) in [6.07, 6.45) is 15.8. The van der Waals surface area contributed by atoms with Crippen LogP contribution in [0.4, 0.5) is 10.5 Å². The van der Waals surface area contributed by atoms with E-state index in [4.69, 9.17) is 4.74 Å². The normalized spacial score (nSPS) is 23.7. The topological polar surface area (TPSA) is 80.6 Å². The van der Waals surface area contributed by atoms with Crippen molar-refractivity contribution in [3.63, 3.8) is 0 Å². The van der Waals surface area contributed by atoms with Crippen LogP contribution < -0.4 is 10.2 Å². The summed E-state index contributed by atoms with van der Waals surface area (Å²) < 4.78 is 34.4. The van der Waals surface area contributed by atoms with E-state index in [9.17, 15) is 13.2 Å². The molecule has 1 unspecified atom stereocenters. The van der Waals surface area contributed by atoms with Gasteiger partial charge in [0.15, 0.2) is 0 Å². The largest absolute Gasteiger partial charge is 0.446 e. The Bertz CT molecular complexity index is 1800. The molecular formula is C43H53N3O4S. The number of anilines is 1. The molecule has 270 valence electrons. The standard InChI is InChI=1S/C43H53N3O4S/c1-44-42(47)50-41-19-11-18-40(41)43(32-45-28-8-9-29-45,35-14-4-2-5-15-35)36-22-20-33(21-23-36)12-10-13-34-30-46(31-34)37-24-26-39(27-25-37)51(48,49)38-16-6-3-7-17-38/h2-9,14-17,24-29,33-34,36,40-41H,10-13,18-23,30-32H2,1H3,(H,44,47)/t33?,36?,40-,41-,43?/m1/s1. The van der Waals surface area contributed by atoms with Crippen molar-refractivity contribution in [2.45, 2.75) is 92.1 Å². The van der Waals surface area contributed by atoms with Gasteiger partial charge in [0.25, 0.3) is 0 Å². The second kappa shape index (κ2) is 15.7. The summed E-state index contributed by atoms with van der Waals surface area (Å²) in [5.74, 6) is 2.25. The summed E-state index contributed by atoms with van der Waals surface area (Å²) in [5.41, 5.74) is 2.38. The van der Waals surface area contributed by atoms with Gasteiger partial charge in [0.2, 0.25) is 9.84 Å². The Morgan fingerprint density at radius 3 is 2.06 bits per heavy atom. The van der Waals surface area contributed by atoms with Crippen LogP contribution in [-0.4, -0.2) is 45.3 Å². The number of carbonyl (C=O) groups excluding carboxylic acids is 1. The Hall–Kier alpha value is -4.04. The van der Waals surface area contributed by atoms with E-state index in [1.807, 2.05) is 18.2 Å². The van der Waals surface area contributed by atoms with Gasteiger partial charge < -0.3 is 19.5 Å². The maximum Gasteiger partial charge on any atom is 0.407 e. The van der Waals surface area contributed by atoms with Crippen molar-refractivity contribution in [2.24, 2.45) is 23.7 Å². The fourth-order valence-corrected chi connectivity index (χ4v) is 10.9. The molecule has 4 aromatic rings. The third kappa shape index (κ3) is 7.62. The van der Waals surface area contributed by atoms with Crippen molar-refractivity contribution < 1.29 is 17.9 Å². The fraction of sp³-hybridized carbons (Fsp3) is 0.465. The third-order valence-corrected chi connectivity index (χ3v) is 14.1. The van der Waals surface area contributed by atoms with Gasteiger partial charge in [-0.1, -0.05) is 74.2 Å². The van der Waals surface area contributed by atoms with Crippen LogP contribution in [-0.2, 0) is 26.5 Å². The number of aromatic nitrogens is 1. The molecule has 0 radical (unpaired) electrons. The van der Waals surface area contributed by atoms with Gasteiger partial charge in [-0.3, -0.25) is 0 Å². The molecule has 8 heteroatoms. The smallest absolute Gasteiger partial charge is 0.407 e. The molecule has 1 aromatic heterocycles. The molecule has 1 saturated heterocycles. The Labute approximate surface area is 304 Å². The van der Waals surface area contributed by atoms with Crippen LogP contribution in [0.15, 0.2) is 119 Å². The number of amides is 1. The van der Waals surface area contributed by atoms with Gasteiger partial charge >= 0.3 is 6.09 Å². The first kappa shape index (κ1) is 35.4. The number of sulfone groups is 1. The monoisotopic (exact) mass is 707 g/mol. The quantitative estimate of drug-likeness (QED) is 0.150. The summed E-state index contributed by atoms with van der Waals surface area (Å²) in [5, 5.41) is 2.70. The predicted molar refractivity (Wildman–Crippen MR) is 203 cm³/mol. The minimum atomic E-state index is -3.49. The van der Waals surface area contributed by atoms with Crippen LogP contribution in [0.25, 0.3) is 0 Å². The molecule has 1 N–H and O–H groups in total. The van der Waals surface area contributed by atoms with E-state index in [1.54, 1.807) is 43.4 Å². The van der Waals surface area contributed by atoms with E-state index in [0.29, 0.717) is 21.6 Å². The molecule has 51 heavy (non-hydrogen) atoms. The maximum atomic E-state index is 13.0. The molecule has 1 aliphatic heterocycles. The number of hydrogen-bond acceptors (Lipinski definition) is 5. The Morgan fingerprint density at radius 1 is 0.765 bits per heavy atom. The van der Waals surface area contributed by atoms with Gasteiger partial charge in [-0.15, -0.1) is 0 Å². The van der Waals surface area contributed by atoms with Gasteiger partial charge in [0.05, 0.1) is 9.79 Å². The second-order valence-electron chi connectivity index (χ2n) is 15.2. The lowest BCUT2D eigenvalue weighted by molar-refractivity contribution is 0.00784. The summed E-state index contributed by atoms with van der Waals surface area (Å²) in [6.45, 7) is 2.98. The Morgan fingerprint density at radius 2 is 1.39 bits per heavy atom. The fourth-order valence-electron chi connectivity index (χ4n) is 9.67. The molecule has 3 atom stereocenters. The molecule has 3 fully saturated rings. The Kier molecular flexibility index (Phi) is 10.9. The molecule has 2 aliphatic carbocycles. The zero-order valence-corrected chi connectivity index (χ0v) is 30.7. The van der Waals surface area contributed by atoms with E-state index in [1.165, 1.54) is 50.5 Å². The van der Waals surface area contributed by atoms with E-state index in [-0.39, 0.29) is 23.5 Å². The SMILES string of the molecule is CNC(=O)O[C@@H]1CCC[C@H]1C(Cn1cccc1)(c1ccccc1)C1CCC(CCCC2CN(c3ccc(S(=O)(=O)c4ccccc4)cc3)C2)CC1. The van der Waals surface area contributed by atoms with Gasteiger partial charge in [-0.05, 0) is 110 Å². The van der Waals surface area contributed by atoms with Crippen molar-refractivity contribution in [3.8, 4) is 0 Å². The molecule has 3 aromatic carbocycles. The number of alkyl carbamates (subject to hydrolysis) is 1. The number of ether oxygens (including phenoxy) is 1. The highest BCUT2D eigenvalue weighted by atomic mass is 32.2. The first-order valence-corrected chi connectivity index (χ1v) is 20.5. The lowest BCUT2D eigenvalue weighted by Crippen LogP contribution is -2.50. The van der Waals surface area contributed by atoms with Crippen molar-refractivity contribution in [1.29, 1.82) is 0 Å². The maximum absolute atomic E-state index is 13.0. The lowest BCUT2D eigenvalue weighted by atomic mass is 9.56. The van der Waals surface area contributed by atoms with E-state index in [2.05, 4.69) is 69.6 Å². The van der Waals surface area contributed by atoms with Crippen molar-refractivity contribution in [1.82, 2.24) is 9.88 Å². The molecule has 2 saturated carbocycles. The molecule has 1 amide bonds. The van der Waals surface area contributed by atoms with Crippen molar-refractivity contribution >= 4 is 21.6 Å². The molecule has 7 rings (SSSR count). The molecule has 2 heterocycles. The second-order valence-corrected chi connectivity index (χ2v) is 17.2. The molecule has 3 aliphatic rings. The summed E-state index contributed by atoms with van der Waals surface area (Å²) in [7, 11) is -1.84. The lowest BCUT2D eigenvalue weighted by Gasteiger charge is -2.50. The van der Waals surface area contributed by atoms with Crippen LogP contribution in [0.2, 0.25) is 0 Å². The van der Waals surface area contributed by atoms with Crippen LogP contribution in [0.3, 0.4) is 0 Å². The zero-order chi connectivity index (χ0) is 35.3. The Balaban J connectivity index is 0.949. The first-order valence-electron chi connectivity index (χ1n) is 19.1. The highest BCUT2D eigenvalue weighted by molar-refractivity contribution is 7.91. The molecule has 0 spiro atoms. The molecule has 0 bridgehead atoms. The predicted octanol–water partition coefficient (Wildman–Crippen LogP) is 8.90. The molecule has 7 nitrogen and oxygen atoms in total. The highest BCUT2D eigenvalue weighted by Gasteiger charge is 2.52. The average Bonchev–Trinajstić information content (AvgIpc) is 3.85. The van der Waals surface area contributed by atoms with E-state index in [0.717, 1.165) is 50.5 Å². The summed E-state index contributed by atoms with van der Waals surface area (Å²) >= 11 is 0. The van der Waals surface area contributed by atoms with E-state index >= 15 is 0 Å². The summed E-state index contributed by atoms with van der Waals surface area (Å²) in [6, 6.07) is 31.4. The van der Waals surface area contributed by atoms with Crippen LogP contribution >= 0.6 is 0 Å². The zero-order valence-electron chi connectivity index (χ0n) is 29.9. The summed E-state index contributed by atoms with van der Waals surface area (Å²) in [4.78, 5) is 15.5. The minimum absolute atomic E-state index is 0.0826. The van der Waals surface area contributed by atoms with Gasteiger partial charge in [0.1, 0.15) is 6.10 Å². The number of nitrogens with one attached hydrogen (secondary N) is 1. The van der Waals surface area contributed by atoms with Crippen molar-refractivity contribution in [2.75, 3.05) is 25.0 Å². The van der Waals surface area contributed by atoms with Crippen LogP contribution in [0.1, 0.15) is 69.8 Å². The number of benzene rings is 3. The number of rotatable bonds is 13. The molecular weight excluding hydrogens is 655 g/mol. The highest BCUT2D eigenvalue weighted by Crippen LogP contribution is 2.54. The number of nitrogens with zero attached hydrogens (tertiary/aromatic N) is 2. The van der Waals surface area contributed by atoms with Crippen LogP contribution in [0, 0.1) is 23.7 Å². The number of hydrogen-bond donors (Lipinski definition) is 1. The van der Waals surface area contributed by atoms with Gasteiger partial charge in [-0.2, -0.15) is 0 Å². The van der Waals surface area contributed by atoms with Gasteiger partial charge in [0, 0.05) is 56.1 Å². The third-order valence-electron chi connectivity index (χ3n) is 12.3. The first-order chi connectivity index (χ1) is 24.9. The van der Waals surface area contributed by atoms with E-state index < -0.39 is 9.84 Å². The number of carbonyl (C=O) groups is 1.